The predicted octanol–water partition coefficient (Wildman–Crippen LogP) is 1.40. The smallest absolute Gasteiger partial charge is 0.411 e. The Morgan fingerprint density at radius 1 is 1.56 bits per heavy atom. The molecule has 0 saturated carbocycles. The van der Waals surface area contributed by atoms with Gasteiger partial charge in [0, 0.05) is 0 Å². The van der Waals surface area contributed by atoms with Crippen molar-refractivity contribution in [2.75, 3.05) is 12.5 Å². The van der Waals surface area contributed by atoms with Gasteiger partial charge in [-0.1, -0.05) is 11.8 Å². The Bertz CT molecular complexity index is 347. The monoisotopic (exact) mass is 245 g/mol. The third-order valence-corrected chi connectivity index (χ3v) is 3.56. The number of carbonyl (C=O) groups is 1. The highest BCUT2D eigenvalue weighted by molar-refractivity contribution is 8.12. The van der Waals surface area contributed by atoms with Crippen LogP contribution in [0.2, 0.25) is 0 Å². The van der Waals surface area contributed by atoms with E-state index in [1.165, 1.54) is 4.90 Å². The van der Waals surface area contributed by atoms with E-state index in [-0.39, 0.29) is 0 Å². The maximum absolute atomic E-state index is 11.4. The fourth-order valence-corrected chi connectivity index (χ4v) is 2.87. The van der Waals surface area contributed by atoms with Crippen LogP contribution in [0, 0.1) is 0 Å². The Morgan fingerprint density at radius 3 is 2.75 bits per heavy atom. The molecule has 2 rings (SSSR count). The van der Waals surface area contributed by atoms with E-state index in [4.69, 9.17) is 4.74 Å². The number of hydrogen-bond donors (Lipinski definition) is 1. The van der Waals surface area contributed by atoms with Crippen LogP contribution in [0.25, 0.3) is 0 Å². The van der Waals surface area contributed by atoms with Crippen LogP contribution in [0.15, 0.2) is 5.10 Å². The zero-order chi connectivity index (χ0) is 12.0. The molecule has 2 heterocycles. The average Bonchev–Trinajstić information content (AvgIpc) is 2.72. The number of hydrazone groups is 1. The highest BCUT2D eigenvalue weighted by Crippen LogP contribution is 2.39. The average molecular weight is 245 g/mol. The topological polar surface area (TPSA) is 65.4 Å². The fourth-order valence-electron chi connectivity index (χ4n) is 2.14. The molecule has 90 valence electrons. The van der Waals surface area contributed by atoms with Crippen LogP contribution >= 0.6 is 11.8 Å². The van der Waals surface area contributed by atoms with Crippen LogP contribution in [0.3, 0.4) is 0 Å². The molecule has 1 N–H and O–H groups in total. The Hall–Kier alpha value is -0.950. The van der Waals surface area contributed by atoms with E-state index in [0.29, 0.717) is 12.5 Å². The second-order valence-electron chi connectivity index (χ2n) is 4.49. The first-order chi connectivity index (χ1) is 7.38. The first kappa shape index (κ1) is 11.5. The normalized spacial score (nSPS) is 32.4. The van der Waals surface area contributed by atoms with Crippen molar-refractivity contribution in [3.8, 4) is 0 Å². The quantitative estimate of drug-likeness (QED) is 0.756. The standard InChI is InChI=1S/C9H15N3O3S/c1-8(2)12(7(13)14)9(3,4-15-8)11-6-16-5-10-11/h5H,4,6H2,1-3H3,(H,13,14). The van der Waals surface area contributed by atoms with Gasteiger partial charge in [0.2, 0.25) is 0 Å². The summed E-state index contributed by atoms with van der Waals surface area (Å²) in [5.41, 5.74) is 0.176. The Labute approximate surface area is 98.2 Å². The summed E-state index contributed by atoms with van der Waals surface area (Å²) in [5.74, 6) is 0.652. The summed E-state index contributed by atoms with van der Waals surface area (Å²) in [6.45, 7) is 5.65. The molecular formula is C9H15N3O3S. The van der Waals surface area contributed by atoms with Crippen molar-refractivity contribution in [3.05, 3.63) is 0 Å². The molecule has 0 aromatic carbocycles. The fraction of sp³-hybridized carbons (Fsp3) is 0.778. The van der Waals surface area contributed by atoms with Crippen LogP contribution in [0.5, 0.6) is 0 Å². The van der Waals surface area contributed by atoms with Crippen LogP contribution in [-0.4, -0.2) is 50.5 Å². The van der Waals surface area contributed by atoms with Crippen molar-refractivity contribution in [1.29, 1.82) is 0 Å². The van der Waals surface area contributed by atoms with Gasteiger partial charge in [-0.05, 0) is 20.8 Å². The van der Waals surface area contributed by atoms with Crippen LogP contribution in [0.1, 0.15) is 20.8 Å². The summed E-state index contributed by atoms with van der Waals surface area (Å²) in [6.07, 6.45) is -0.989. The number of amides is 1. The lowest BCUT2D eigenvalue weighted by atomic mass is 10.1. The molecular weight excluding hydrogens is 230 g/mol. The largest absolute Gasteiger partial charge is 0.465 e. The van der Waals surface area contributed by atoms with Gasteiger partial charge >= 0.3 is 6.09 Å². The number of ether oxygens (including phenoxy) is 1. The number of rotatable bonds is 1. The summed E-state index contributed by atoms with van der Waals surface area (Å²) in [4.78, 5) is 12.7. The molecule has 1 unspecified atom stereocenters. The lowest BCUT2D eigenvalue weighted by Gasteiger charge is -2.41. The summed E-state index contributed by atoms with van der Waals surface area (Å²) < 4.78 is 5.56. The minimum atomic E-state index is -0.989. The number of nitrogens with zero attached hydrogens (tertiary/aromatic N) is 3. The molecule has 1 amide bonds. The van der Waals surface area contributed by atoms with E-state index >= 15 is 0 Å². The maximum atomic E-state index is 11.4. The highest BCUT2D eigenvalue weighted by Gasteiger charge is 2.55. The first-order valence-electron chi connectivity index (χ1n) is 4.97. The molecule has 0 radical (unpaired) electrons. The summed E-state index contributed by atoms with van der Waals surface area (Å²) in [7, 11) is 0. The minimum Gasteiger partial charge on any atom is -0.465 e. The third kappa shape index (κ3) is 1.54. The van der Waals surface area contributed by atoms with Gasteiger partial charge in [-0.15, -0.1) is 0 Å². The van der Waals surface area contributed by atoms with E-state index in [0.717, 1.165) is 0 Å². The van der Waals surface area contributed by atoms with E-state index in [1.54, 1.807) is 36.2 Å². The van der Waals surface area contributed by atoms with Gasteiger partial charge in [0.15, 0.2) is 5.66 Å². The second-order valence-corrected chi connectivity index (χ2v) is 5.29. The molecule has 16 heavy (non-hydrogen) atoms. The molecule has 6 nitrogen and oxygen atoms in total. The number of hydrogen-bond acceptors (Lipinski definition) is 5. The van der Waals surface area contributed by atoms with E-state index in [1.807, 2.05) is 6.92 Å². The van der Waals surface area contributed by atoms with Gasteiger partial charge in [0.05, 0.1) is 18.0 Å². The molecule has 0 bridgehead atoms. The SMILES string of the molecule is CC1(C)OCC(C)(N2CSC=N2)N1C(=O)O. The van der Waals surface area contributed by atoms with Crippen molar-refractivity contribution < 1.29 is 14.6 Å². The van der Waals surface area contributed by atoms with Crippen molar-refractivity contribution in [2.24, 2.45) is 5.10 Å². The predicted molar refractivity (Wildman–Crippen MR) is 61.1 cm³/mol. The lowest BCUT2D eigenvalue weighted by molar-refractivity contribution is -0.0619. The Kier molecular flexibility index (Phi) is 2.54. The van der Waals surface area contributed by atoms with E-state index in [2.05, 4.69) is 5.10 Å². The van der Waals surface area contributed by atoms with E-state index in [9.17, 15) is 9.90 Å². The zero-order valence-electron chi connectivity index (χ0n) is 9.51. The van der Waals surface area contributed by atoms with Gasteiger partial charge in [-0.2, -0.15) is 5.10 Å². The molecule has 7 heteroatoms. The minimum absolute atomic E-state index is 0.324. The lowest BCUT2D eigenvalue weighted by Crippen LogP contribution is -2.60. The van der Waals surface area contributed by atoms with Crippen LogP contribution < -0.4 is 0 Å². The summed E-state index contributed by atoms with van der Waals surface area (Å²) >= 11 is 1.54. The molecule has 0 aliphatic carbocycles. The molecule has 2 aliphatic heterocycles. The zero-order valence-corrected chi connectivity index (χ0v) is 10.3. The molecule has 0 spiro atoms. The molecule has 1 fully saturated rings. The van der Waals surface area contributed by atoms with Gasteiger partial charge in [0.25, 0.3) is 0 Å². The third-order valence-electron chi connectivity index (χ3n) is 2.92. The summed E-state index contributed by atoms with van der Waals surface area (Å²) in [6, 6.07) is 0. The Morgan fingerprint density at radius 2 is 2.25 bits per heavy atom. The van der Waals surface area contributed by atoms with Gasteiger partial charge < -0.3 is 9.84 Å². The molecule has 1 atom stereocenters. The first-order valence-corrected chi connectivity index (χ1v) is 6.02. The Balaban J connectivity index is 2.33. The number of carboxylic acid groups (broad SMARTS) is 1. The van der Waals surface area contributed by atoms with Crippen LogP contribution in [0.4, 0.5) is 4.79 Å². The second kappa shape index (κ2) is 3.53. The molecule has 1 saturated heterocycles. The maximum Gasteiger partial charge on any atom is 0.411 e. The van der Waals surface area contributed by atoms with Crippen LogP contribution in [-0.2, 0) is 4.74 Å². The summed E-state index contributed by atoms with van der Waals surface area (Å²) in [5, 5.41) is 15.2. The van der Waals surface area contributed by atoms with Crippen molar-refractivity contribution in [2.45, 2.75) is 32.2 Å². The van der Waals surface area contributed by atoms with Gasteiger partial charge in [0.1, 0.15) is 5.72 Å². The van der Waals surface area contributed by atoms with Gasteiger partial charge in [-0.25, -0.2) is 4.79 Å². The van der Waals surface area contributed by atoms with Gasteiger partial charge in [-0.3, -0.25) is 9.91 Å². The molecule has 0 aromatic heterocycles. The van der Waals surface area contributed by atoms with Crippen molar-refractivity contribution in [1.82, 2.24) is 9.91 Å². The number of thioether (sulfide) groups is 1. The van der Waals surface area contributed by atoms with E-state index < -0.39 is 17.5 Å². The van der Waals surface area contributed by atoms with Crippen molar-refractivity contribution in [3.63, 3.8) is 0 Å². The van der Waals surface area contributed by atoms with Crippen molar-refractivity contribution >= 4 is 23.4 Å². The molecule has 2 aliphatic rings. The highest BCUT2D eigenvalue weighted by atomic mass is 32.2. The molecule has 0 aromatic rings.